The van der Waals surface area contributed by atoms with E-state index in [4.69, 9.17) is 4.74 Å². The number of rotatable bonds is 5. The van der Waals surface area contributed by atoms with Crippen LogP contribution >= 0.6 is 11.3 Å². The number of carbonyl (C=O) groups is 1. The van der Waals surface area contributed by atoms with Crippen molar-refractivity contribution in [3.05, 3.63) is 59.5 Å². The summed E-state index contributed by atoms with van der Waals surface area (Å²) in [6.07, 6.45) is -0.747. The molecule has 0 fully saturated rings. The number of hydrogen-bond acceptors (Lipinski definition) is 4. The van der Waals surface area contributed by atoms with E-state index in [1.54, 1.807) is 42.7 Å². The van der Waals surface area contributed by atoms with E-state index in [0.717, 1.165) is 21.4 Å². The van der Waals surface area contributed by atoms with E-state index in [2.05, 4.69) is 10.6 Å². The summed E-state index contributed by atoms with van der Waals surface area (Å²) in [7, 11) is 1.59. The third-order valence-corrected chi connectivity index (χ3v) is 4.66. The zero-order valence-electron chi connectivity index (χ0n) is 13.2. The number of fused-ring (bicyclic) bond motifs is 1. The first-order valence-electron chi connectivity index (χ1n) is 7.50. The van der Waals surface area contributed by atoms with Gasteiger partial charge in [0.25, 0.3) is 0 Å². The standard InChI is InChI=1S/C18H18N2O3S/c1-23-13-8-6-12(7-9-13)20-18(22)19-10-16(21)15-11-24-17-5-3-2-4-14(15)17/h2-9,11,16,21H,10H2,1H3,(H2,19,20,22). The van der Waals surface area contributed by atoms with E-state index in [-0.39, 0.29) is 12.6 Å². The van der Waals surface area contributed by atoms with Crippen LogP contribution in [0.1, 0.15) is 11.7 Å². The number of hydrogen-bond donors (Lipinski definition) is 3. The maximum atomic E-state index is 11.9. The first kappa shape index (κ1) is 16.3. The summed E-state index contributed by atoms with van der Waals surface area (Å²) in [5.74, 6) is 0.723. The Morgan fingerprint density at radius 3 is 2.71 bits per heavy atom. The zero-order chi connectivity index (χ0) is 16.9. The summed E-state index contributed by atoms with van der Waals surface area (Å²) in [4.78, 5) is 11.9. The number of aliphatic hydroxyl groups excluding tert-OH is 1. The molecule has 0 aliphatic heterocycles. The average Bonchev–Trinajstić information content (AvgIpc) is 3.04. The molecule has 0 aliphatic rings. The number of benzene rings is 2. The van der Waals surface area contributed by atoms with Crippen molar-refractivity contribution in [3.8, 4) is 5.75 Å². The molecule has 3 N–H and O–H groups in total. The monoisotopic (exact) mass is 342 g/mol. The van der Waals surface area contributed by atoms with E-state index < -0.39 is 6.10 Å². The van der Waals surface area contributed by atoms with Gasteiger partial charge in [-0.05, 0) is 41.1 Å². The summed E-state index contributed by atoms with van der Waals surface area (Å²) in [5.41, 5.74) is 1.49. The predicted octanol–water partition coefficient (Wildman–Crippen LogP) is 3.77. The van der Waals surface area contributed by atoms with Crippen molar-refractivity contribution in [1.29, 1.82) is 0 Å². The van der Waals surface area contributed by atoms with Crippen LogP contribution in [0, 0.1) is 0 Å². The Morgan fingerprint density at radius 2 is 1.96 bits per heavy atom. The molecule has 3 aromatic rings. The molecular formula is C18H18N2O3S. The molecule has 1 atom stereocenters. The number of carbonyl (C=O) groups excluding carboxylic acids is 1. The molecule has 0 spiro atoms. The molecule has 2 amide bonds. The minimum Gasteiger partial charge on any atom is -0.497 e. The topological polar surface area (TPSA) is 70.6 Å². The number of aliphatic hydroxyl groups is 1. The first-order chi connectivity index (χ1) is 11.7. The normalized spacial score (nSPS) is 11.9. The van der Waals surface area contributed by atoms with Gasteiger partial charge in [-0.2, -0.15) is 0 Å². The Morgan fingerprint density at radius 1 is 1.21 bits per heavy atom. The van der Waals surface area contributed by atoms with Crippen molar-refractivity contribution in [2.45, 2.75) is 6.10 Å². The van der Waals surface area contributed by atoms with Crippen LogP contribution in [0.2, 0.25) is 0 Å². The molecular weight excluding hydrogens is 324 g/mol. The number of thiophene rings is 1. The quantitative estimate of drug-likeness (QED) is 0.661. The highest BCUT2D eigenvalue weighted by Gasteiger charge is 2.14. The smallest absolute Gasteiger partial charge is 0.319 e. The van der Waals surface area contributed by atoms with Crippen LogP contribution in [0.25, 0.3) is 10.1 Å². The fourth-order valence-electron chi connectivity index (χ4n) is 2.41. The second kappa shape index (κ2) is 7.33. The summed E-state index contributed by atoms with van der Waals surface area (Å²) in [5, 5.41) is 18.7. The molecule has 0 saturated heterocycles. The van der Waals surface area contributed by atoms with Gasteiger partial charge in [0.05, 0.1) is 13.2 Å². The summed E-state index contributed by atoms with van der Waals surface area (Å²) in [6.45, 7) is 0.142. The highest BCUT2D eigenvalue weighted by Crippen LogP contribution is 2.29. The third kappa shape index (κ3) is 3.67. The van der Waals surface area contributed by atoms with E-state index >= 15 is 0 Å². The van der Waals surface area contributed by atoms with Gasteiger partial charge >= 0.3 is 6.03 Å². The highest BCUT2D eigenvalue weighted by atomic mass is 32.1. The van der Waals surface area contributed by atoms with Crippen molar-refractivity contribution >= 4 is 33.1 Å². The van der Waals surface area contributed by atoms with Gasteiger partial charge in [0.15, 0.2) is 0 Å². The maximum absolute atomic E-state index is 11.9. The van der Waals surface area contributed by atoms with Crippen molar-refractivity contribution in [1.82, 2.24) is 5.32 Å². The number of methoxy groups -OCH3 is 1. The molecule has 0 bridgehead atoms. The molecule has 0 saturated carbocycles. The van der Waals surface area contributed by atoms with Gasteiger partial charge in [0, 0.05) is 22.5 Å². The molecule has 3 rings (SSSR count). The lowest BCUT2D eigenvalue weighted by Gasteiger charge is -2.12. The lowest BCUT2D eigenvalue weighted by molar-refractivity contribution is 0.177. The minimum atomic E-state index is -0.747. The van der Waals surface area contributed by atoms with E-state index in [1.807, 2.05) is 29.6 Å². The van der Waals surface area contributed by atoms with Gasteiger partial charge < -0.3 is 20.5 Å². The zero-order valence-corrected chi connectivity index (χ0v) is 14.0. The largest absolute Gasteiger partial charge is 0.497 e. The van der Waals surface area contributed by atoms with Crippen LogP contribution in [0.5, 0.6) is 5.75 Å². The van der Waals surface area contributed by atoms with Crippen molar-refractivity contribution in [3.63, 3.8) is 0 Å². The number of ether oxygens (including phenoxy) is 1. The van der Waals surface area contributed by atoms with Crippen LogP contribution in [0.15, 0.2) is 53.9 Å². The van der Waals surface area contributed by atoms with Gasteiger partial charge in [-0.25, -0.2) is 4.79 Å². The van der Waals surface area contributed by atoms with Crippen molar-refractivity contribution < 1.29 is 14.6 Å². The van der Waals surface area contributed by atoms with Gasteiger partial charge in [-0.3, -0.25) is 0 Å². The van der Waals surface area contributed by atoms with Gasteiger partial charge in [0.1, 0.15) is 5.75 Å². The maximum Gasteiger partial charge on any atom is 0.319 e. The first-order valence-corrected chi connectivity index (χ1v) is 8.38. The SMILES string of the molecule is COc1ccc(NC(=O)NCC(O)c2csc3ccccc23)cc1. The fourth-order valence-corrected chi connectivity index (χ4v) is 3.41. The molecule has 0 aliphatic carbocycles. The molecule has 124 valence electrons. The van der Waals surface area contributed by atoms with Gasteiger partial charge in [-0.15, -0.1) is 11.3 Å². The van der Waals surface area contributed by atoms with Crippen molar-refractivity contribution in [2.75, 3.05) is 19.0 Å². The summed E-state index contributed by atoms with van der Waals surface area (Å²) >= 11 is 1.58. The van der Waals surface area contributed by atoms with E-state index in [9.17, 15) is 9.90 Å². The Balaban J connectivity index is 1.57. The third-order valence-electron chi connectivity index (χ3n) is 3.67. The summed E-state index contributed by atoms with van der Waals surface area (Å²) < 4.78 is 6.19. The van der Waals surface area contributed by atoms with Crippen LogP contribution < -0.4 is 15.4 Å². The number of nitrogens with one attached hydrogen (secondary N) is 2. The molecule has 1 aromatic heterocycles. The van der Waals surface area contributed by atoms with Crippen molar-refractivity contribution in [2.24, 2.45) is 0 Å². The molecule has 24 heavy (non-hydrogen) atoms. The second-order valence-corrected chi connectivity index (χ2v) is 6.18. The van der Waals surface area contributed by atoms with Crippen LogP contribution in [0.4, 0.5) is 10.5 Å². The molecule has 1 unspecified atom stereocenters. The second-order valence-electron chi connectivity index (χ2n) is 5.27. The van der Waals surface area contributed by atoms with Gasteiger partial charge in [0.2, 0.25) is 0 Å². The van der Waals surface area contributed by atoms with Crippen LogP contribution in [-0.2, 0) is 0 Å². The van der Waals surface area contributed by atoms with Gasteiger partial charge in [-0.1, -0.05) is 18.2 Å². The molecule has 0 radical (unpaired) electrons. The van der Waals surface area contributed by atoms with Crippen LogP contribution in [-0.4, -0.2) is 24.8 Å². The number of amides is 2. The lowest BCUT2D eigenvalue weighted by atomic mass is 10.1. The minimum absolute atomic E-state index is 0.142. The molecule has 1 heterocycles. The molecule has 6 heteroatoms. The Labute approximate surface area is 143 Å². The lowest BCUT2D eigenvalue weighted by Crippen LogP contribution is -2.32. The number of anilines is 1. The predicted molar refractivity (Wildman–Crippen MR) is 96.8 cm³/mol. The Bertz CT molecular complexity index is 830. The molecule has 2 aromatic carbocycles. The van der Waals surface area contributed by atoms with Crippen LogP contribution in [0.3, 0.4) is 0 Å². The summed E-state index contributed by atoms with van der Waals surface area (Å²) in [6, 6.07) is 14.6. The number of urea groups is 1. The van der Waals surface area contributed by atoms with E-state index in [1.165, 1.54) is 0 Å². The molecule has 5 nitrogen and oxygen atoms in total. The van der Waals surface area contributed by atoms with E-state index in [0.29, 0.717) is 5.69 Å². The fraction of sp³-hybridized carbons (Fsp3) is 0.167. The average molecular weight is 342 g/mol. The Hall–Kier alpha value is -2.57. The highest BCUT2D eigenvalue weighted by molar-refractivity contribution is 7.17. The Kier molecular flexibility index (Phi) is 4.98.